The lowest BCUT2D eigenvalue weighted by Gasteiger charge is -2.44. The van der Waals surface area contributed by atoms with E-state index in [1.165, 1.54) is 32.4 Å². The van der Waals surface area contributed by atoms with Crippen LogP contribution in [0.1, 0.15) is 19.3 Å². The lowest BCUT2D eigenvalue weighted by molar-refractivity contribution is 0.00810. The first-order valence-electron chi connectivity index (χ1n) is 9.21. The molecule has 3 aliphatic rings. The third-order valence-corrected chi connectivity index (χ3v) is 5.63. The van der Waals surface area contributed by atoms with Gasteiger partial charge in [-0.15, -0.1) is 0 Å². The maximum atomic E-state index is 6.02. The van der Waals surface area contributed by atoms with E-state index < -0.39 is 0 Å². The third-order valence-electron chi connectivity index (χ3n) is 5.63. The zero-order chi connectivity index (χ0) is 16.2. The Morgan fingerprint density at radius 2 is 2.04 bits per heavy atom. The van der Waals surface area contributed by atoms with Gasteiger partial charge in [0.15, 0.2) is 0 Å². The molecule has 2 atom stereocenters. The van der Waals surface area contributed by atoms with Crippen LogP contribution < -0.4 is 4.90 Å². The summed E-state index contributed by atoms with van der Waals surface area (Å²) in [5, 5.41) is 0. The maximum absolute atomic E-state index is 6.02. The smallest absolute Gasteiger partial charge is 0.115 e. The summed E-state index contributed by atoms with van der Waals surface area (Å²) in [6, 6.07) is 0. The number of piperidine rings is 1. The van der Waals surface area contributed by atoms with Crippen molar-refractivity contribution in [2.24, 2.45) is 11.3 Å². The van der Waals surface area contributed by atoms with Crippen LogP contribution in [0.2, 0.25) is 0 Å². The summed E-state index contributed by atoms with van der Waals surface area (Å²) in [6.45, 7) is 9.02. The largest absolute Gasteiger partial charge is 0.381 e. The van der Waals surface area contributed by atoms with Crippen molar-refractivity contribution in [2.75, 3.05) is 64.1 Å². The first-order chi connectivity index (χ1) is 11.8. The highest BCUT2D eigenvalue weighted by molar-refractivity contribution is 5.42. The molecule has 132 valence electrons. The van der Waals surface area contributed by atoms with Crippen LogP contribution in [0.4, 0.5) is 5.69 Å². The van der Waals surface area contributed by atoms with Crippen LogP contribution in [0.25, 0.3) is 0 Å². The molecule has 0 aliphatic carbocycles. The van der Waals surface area contributed by atoms with Gasteiger partial charge in [-0.05, 0) is 31.7 Å². The molecule has 0 amide bonds. The van der Waals surface area contributed by atoms with Gasteiger partial charge in [0.05, 0.1) is 37.9 Å². The molecule has 0 aromatic carbocycles. The van der Waals surface area contributed by atoms with E-state index in [0.717, 1.165) is 51.7 Å². The van der Waals surface area contributed by atoms with Crippen molar-refractivity contribution in [3.05, 3.63) is 18.7 Å². The Bertz CT molecular complexity index is 523. The number of nitrogens with zero attached hydrogens (tertiary/aromatic N) is 4. The molecule has 1 aromatic heterocycles. The van der Waals surface area contributed by atoms with Gasteiger partial charge >= 0.3 is 0 Å². The van der Waals surface area contributed by atoms with Gasteiger partial charge in [0, 0.05) is 38.2 Å². The van der Waals surface area contributed by atoms with Crippen LogP contribution in [-0.2, 0) is 9.47 Å². The Hall–Kier alpha value is -1.24. The fourth-order valence-corrected chi connectivity index (χ4v) is 4.47. The molecule has 6 heteroatoms. The van der Waals surface area contributed by atoms with E-state index in [2.05, 4.69) is 19.8 Å². The van der Waals surface area contributed by atoms with Gasteiger partial charge in [-0.2, -0.15) is 0 Å². The molecule has 3 saturated heterocycles. The van der Waals surface area contributed by atoms with Gasteiger partial charge in [-0.3, -0.25) is 0 Å². The molecule has 0 unspecified atom stereocenters. The molecule has 3 aliphatic heterocycles. The predicted molar refractivity (Wildman–Crippen MR) is 92.1 cm³/mol. The van der Waals surface area contributed by atoms with Crippen molar-refractivity contribution in [1.82, 2.24) is 14.9 Å². The van der Waals surface area contributed by atoms with E-state index >= 15 is 0 Å². The molecule has 0 saturated carbocycles. The molecule has 0 radical (unpaired) electrons. The van der Waals surface area contributed by atoms with Crippen LogP contribution in [0, 0.1) is 11.3 Å². The van der Waals surface area contributed by atoms with Gasteiger partial charge in [0.2, 0.25) is 0 Å². The van der Waals surface area contributed by atoms with Crippen molar-refractivity contribution < 1.29 is 9.47 Å². The third kappa shape index (κ3) is 3.71. The average Bonchev–Trinajstić information content (AvgIpc) is 3.03. The predicted octanol–water partition coefficient (Wildman–Crippen LogP) is 1.43. The average molecular weight is 332 g/mol. The van der Waals surface area contributed by atoms with Crippen molar-refractivity contribution in [3.63, 3.8) is 0 Å². The summed E-state index contributed by atoms with van der Waals surface area (Å²) >= 11 is 0. The fourth-order valence-electron chi connectivity index (χ4n) is 4.47. The summed E-state index contributed by atoms with van der Waals surface area (Å²) in [6.07, 6.45) is 9.16. The van der Waals surface area contributed by atoms with Crippen LogP contribution in [0.5, 0.6) is 0 Å². The normalized spacial score (nSPS) is 32.2. The first-order valence-corrected chi connectivity index (χ1v) is 9.21. The minimum atomic E-state index is 0.226. The molecule has 0 N–H and O–H groups in total. The molecule has 3 fully saturated rings. The van der Waals surface area contributed by atoms with Crippen molar-refractivity contribution >= 4 is 5.69 Å². The SMILES string of the molecule is c1ncc(N2CCOC[C@@]3(CCCN(C[C@@H]4CCOC4)C3)C2)cn1. The summed E-state index contributed by atoms with van der Waals surface area (Å²) in [7, 11) is 0. The second-order valence-electron chi connectivity index (χ2n) is 7.64. The van der Waals surface area contributed by atoms with Gasteiger partial charge in [0.25, 0.3) is 0 Å². The first kappa shape index (κ1) is 16.2. The van der Waals surface area contributed by atoms with E-state index in [1.54, 1.807) is 6.33 Å². The number of aromatic nitrogens is 2. The Kier molecular flexibility index (Phi) is 4.96. The van der Waals surface area contributed by atoms with Crippen LogP contribution in [0.3, 0.4) is 0 Å². The Morgan fingerprint density at radius 1 is 1.12 bits per heavy atom. The lowest BCUT2D eigenvalue weighted by atomic mass is 9.79. The second-order valence-corrected chi connectivity index (χ2v) is 7.64. The Labute approximate surface area is 144 Å². The fraction of sp³-hybridized carbons (Fsp3) is 0.778. The van der Waals surface area contributed by atoms with E-state index in [4.69, 9.17) is 9.47 Å². The minimum absolute atomic E-state index is 0.226. The molecule has 4 heterocycles. The summed E-state index contributed by atoms with van der Waals surface area (Å²) < 4.78 is 11.6. The van der Waals surface area contributed by atoms with Crippen molar-refractivity contribution in [2.45, 2.75) is 19.3 Å². The van der Waals surface area contributed by atoms with Gasteiger partial charge in [0.1, 0.15) is 6.33 Å². The zero-order valence-electron chi connectivity index (χ0n) is 14.4. The van der Waals surface area contributed by atoms with Crippen LogP contribution in [0.15, 0.2) is 18.7 Å². The van der Waals surface area contributed by atoms with Gasteiger partial charge in [-0.1, -0.05) is 0 Å². The van der Waals surface area contributed by atoms with Crippen molar-refractivity contribution in [3.8, 4) is 0 Å². The van der Waals surface area contributed by atoms with E-state index in [0.29, 0.717) is 5.92 Å². The van der Waals surface area contributed by atoms with Gasteiger partial charge in [-0.25, -0.2) is 9.97 Å². The molecule has 24 heavy (non-hydrogen) atoms. The van der Waals surface area contributed by atoms with Crippen LogP contribution >= 0.6 is 0 Å². The summed E-state index contributed by atoms with van der Waals surface area (Å²) in [5.74, 6) is 0.713. The number of anilines is 1. The summed E-state index contributed by atoms with van der Waals surface area (Å²) in [4.78, 5) is 13.4. The standard InChI is InChI=1S/C18H28N4O2/c1-3-18(12-21(4-1)10-16-2-6-23-11-16)13-22(5-7-24-14-18)17-8-19-15-20-9-17/h8-9,15-16H,1-7,10-14H2/t16-,18+/m0/s1. The highest BCUT2D eigenvalue weighted by Crippen LogP contribution is 2.35. The monoisotopic (exact) mass is 332 g/mol. The highest BCUT2D eigenvalue weighted by Gasteiger charge is 2.39. The molecule has 0 bridgehead atoms. The summed E-state index contributed by atoms with van der Waals surface area (Å²) in [5.41, 5.74) is 1.34. The van der Waals surface area contributed by atoms with Crippen LogP contribution in [-0.4, -0.2) is 74.0 Å². The number of ether oxygens (including phenoxy) is 2. The quantitative estimate of drug-likeness (QED) is 0.835. The number of hydrogen-bond donors (Lipinski definition) is 0. The molecule has 6 nitrogen and oxygen atoms in total. The van der Waals surface area contributed by atoms with E-state index in [1.807, 2.05) is 12.4 Å². The highest BCUT2D eigenvalue weighted by atomic mass is 16.5. The number of hydrogen-bond acceptors (Lipinski definition) is 6. The topological polar surface area (TPSA) is 50.7 Å². The zero-order valence-corrected chi connectivity index (χ0v) is 14.4. The molecular weight excluding hydrogens is 304 g/mol. The molecule has 4 rings (SSSR count). The minimum Gasteiger partial charge on any atom is -0.381 e. The molecule has 1 aromatic rings. The van der Waals surface area contributed by atoms with Crippen molar-refractivity contribution in [1.29, 1.82) is 0 Å². The molecular formula is C18H28N4O2. The molecule has 1 spiro atoms. The van der Waals surface area contributed by atoms with E-state index in [-0.39, 0.29) is 5.41 Å². The Balaban J connectivity index is 1.45. The van der Waals surface area contributed by atoms with E-state index in [9.17, 15) is 0 Å². The maximum Gasteiger partial charge on any atom is 0.115 e. The lowest BCUT2D eigenvalue weighted by Crippen LogP contribution is -2.51. The number of rotatable bonds is 3. The van der Waals surface area contributed by atoms with Gasteiger partial charge < -0.3 is 19.3 Å². The Morgan fingerprint density at radius 3 is 2.88 bits per heavy atom. The number of likely N-dealkylation sites (tertiary alicyclic amines) is 1. The second kappa shape index (κ2) is 7.33.